The van der Waals surface area contributed by atoms with Crippen LogP contribution in [0.15, 0.2) is 72.8 Å². The van der Waals surface area contributed by atoms with Gasteiger partial charge >= 0.3 is 0 Å². The molecule has 1 heterocycles. The topological polar surface area (TPSA) is 58.6 Å². The van der Waals surface area contributed by atoms with Crippen molar-refractivity contribution in [3.8, 4) is 5.75 Å². The molecule has 0 radical (unpaired) electrons. The maximum atomic E-state index is 12.6. The summed E-state index contributed by atoms with van der Waals surface area (Å²) in [5, 5.41) is 2.74. The average Bonchev–Trinajstić information content (AvgIpc) is 2.82. The molecule has 1 N–H and O–H groups in total. The highest BCUT2D eigenvalue weighted by Gasteiger charge is 2.16. The molecule has 0 spiro atoms. The van der Waals surface area contributed by atoms with Crippen molar-refractivity contribution in [2.24, 2.45) is 0 Å². The van der Waals surface area contributed by atoms with E-state index in [1.165, 1.54) is 11.1 Å². The number of amides is 1. The minimum Gasteiger partial charge on any atom is -0.497 e. The third-order valence-corrected chi connectivity index (χ3v) is 5.61. The van der Waals surface area contributed by atoms with Gasteiger partial charge in [-0.3, -0.25) is 14.5 Å². The van der Waals surface area contributed by atoms with E-state index in [-0.39, 0.29) is 18.2 Å². The fourth-order valence-corrected chi connectivity index (χ4v) is 3.92. The number of methoxy groups -OCH3 is 1. The SMILES string of the molecule is COc1cccc(C(=O)CNC(=O)c2cccc(CN3CCc4ccccc4C3)c2)c1. The van der Waals surface area contributed by atoms with Gasteiger partial charge in [0.05, 0.1) is 13.7 Å². The number of nitrogens with one attached hydrogen (secondary N) is 1. The smallest absolute Gasteiger partial charge is 0.251 e. The predicted octanol–water partition coefficient (Wildman–Crippen LogP) is 3.87. The minimum atomic E-state index is -0.248. The number of carbonyl (C=O) groups is 2. The zero-order valence-electron chi connectivity index (χ0n) is 17.6. The van der Waals surface area contributed by atoms with Crippen LogP contribution in [0.25, 0.3) is 0 Å². The van der Waals surface area contributed by atoms with Crippen LogP contribution in [-0.4, -0.2) is 36.8 Å². The maximum Gasteiger partial charge on any atom is 0.251 e. The van der Waals surface area contributed by atoms with E-state index >= 15 is 0 Å². The fourth-order valence-electron chi connectivity index (χ4n) is 3.92. The van der Waals surface area contributed by atoms with Crippen molar-refractivity contribution in [3.05, 3.63) is 101 Å². The van der Waals surface area contributed by atoms with Crippen LogP contribution < -0.4 is 10.1 Å². The van der Waals surface area contributed by atoms with E-state index < -0.39 is 0 Å². The van der Waals surface area contributed by atoms with Gasteiger partial charge in [-0.1, -0.05) is 48.5 Å². The van der Waals surface area contributed by atoms with Crippen LogP contribution >= 0.6 is 0 Å². The summed E-state index contributed by atoms with van der Waals surface area (Å²) in [6.07, 6.45) is 1.04. The highest BCUT2D eigenvalue weighted by molar-refractivity contribution is 6.02. The average molecular weight is 415 g/mol. The molecule has 1 aliphatic rings. The summed E-state index contributed by atoms with van der Waals surface area (Å²) in [5.41, 5.74) is 4.96. The van der Waals surface area contributed by atoms with Crippen molar-refractivity contribution in [1.82, 2.24) is 10.2 Å². The Labute approximate surface area is 182 Å². The zero-order chi connectivity index (χ0) is 21.6. The van der Waals surface area contributed by atoms with E-state index in [1.807, 2.05) is 18.2 Å². The van der Waals surface area contributed by atoms with Crippen molar-refractivity contribution in [1.29, 1.82) is 0 Å². The van der Waals surface area contributed by atoms with Crippen molar-refractivity contribution in [2.45, 2.75) is 19.5 Å². The van der Waals surface area contributed by atoms with Crippen molar-refractivity contribution in [2.75, 3.05) is 20.2 Å². The monoisotopic (exact) mass is 414 g/mol. The number of carbonyl (C=O) groups excluding carboxylic acids is 2. The van der Waals surface area contributed by atoms with E-state index in [1.54, 1.807) is 37.4 Å². The first-order chi connectivity index (χ1) is 15.1. The third-order valence-electron chi connectivity index (χ3n) is 5.61. The van der Waals surface area contributed by atoms with Crippen LogP contribution in [0.1, 0.15) is 37.4 Å². The third kappa shape index (κ3) is 5.19. The van der Waals surface area contributed by atoms with E-state index in [0.717, 1.165) is 31.6 Å². The molecule has 0 saturated heterocycles. The first-order valence-electron chi connectivity index (χ1n) is 10.5. The summed E-state index contributed by atoms with van der Waals surface area (Å²) in [6, 6.07) is 23.1. The molecule has 3 aromatic rings. The number of benzene rings is 3. The quantitative estimate of drug-likeness (QED) is 0.597. The summed E-state index contributed by atoms with van der Waals surface area (Å²) in [4.78, 5) is 27.4. The first kappa shape index (κ1) is 20.8. The Kier molecular flexibility index (Phi) is 6.43. The lowest BCUT2D eigenvalue weighted by atomic mass is 9.99. The van der Waals surface area contributed by atoms with Crippen molar-refractivity contribution < 1.29 is 14.3 Å². The Hall–Kier alpha value is -3.44. The predicted molar refractivity (Wildman–Crippen MR) is 120 cm³/mol. The largest absolute Gasteiger partial charge is 0.497 e. The second-order valence-corrected chi connectivity index (χ2v) is 7.77. The number of hydrogen-bond acceptors (Lipinski definition) is 4. The van der Waals surface area contributed by atoms with Gasteiger partial charge in [-0.2, -0.15) is 0 Å². The van der Waals surface area contributed by atoms with Crippen molar-refractivity contribution >= 4 is 11.7 Å². The molecule has 0 bridgehead atoms. The molecule has 1 aliphatic heterocycles. The fraction of sp³-hybridized carbons (Fsp3) is 0.231. The molecule has 5 nitrogen and oxygen atoms in total. The van der Waals surface area contributed by atoms with Crippen LogP contribution in [0, 0.1) is 0 Å². The molecule has 0 atom stereocenters. The highest BCUT2D eigenvalue weighted by atomic mass is 16.5. The van der Waals surface area contributed by atoms with E-state index in [2.05, 4.69) is 34.5 Å². The number of fused-ring (bicyclic) bond motifs is 1. The molecule has 0 saturated carbocycles. The Morgan fingerprint density at radius 2 is 1.71 bits per heavy atom. The van der Waals surface area contributed by atoms with Gasteiger partial charge in [-0.15, -0.1) is 0 Å². The molecular formula is C26H26N2O3. The molecule has 1 amide bonds. The number of rotatable bonds is 7. The lowest BCUT2D eigenvalue weighted by molar-refractivity contribution is 0.0904. The highest BCUT2D eigenvalue weighted by Crippen LogP contribution is 2.20. The zero-order valence-corrected chi connectivity index (χ0v) is 17.6. The lowest BCUT2D eigenvalue weighted by Gasteiger charge is -2.28. The molecule has 5 heteroatoms. The maximum absolute atomic E-state index is 12.6. The van der Waals surface area contributed by atoms with Gasteiger partial charge in [0, 0.05) is 30.8 Å². The molecule has 0 aromatic heterocycles. The van der Waals surface area contributed by atoms with Crippen molar-refractivity contribution in [3.63, 3.8) is 0 Å². The van der Waals surface area contributed by atoms with Gasteiger partial charge in [0.15, 0.2) is 5.78 Å². The van der Waals surface area contributed by atoms with Gasteiger partial charge in [0.1, 0.15) is 5.75 Å². The second kappa shape index (κ2) is 9.58. The van der Waals surface area contributed by atoms with Crippen LogP contribution in [0.4, 0.5) is 0 Å². The van der Waals surface area contributed by atoms with E-state index in [9.17, 15) is 9.59 Å². The molecule has 4 rings (SSSR count). The molecule has 0 unspecified atom stereocenters. The molecule has 31 heavy (non-hydrogen) atoms. The normalized spacial score (nSPS) is 13.3. The van der Waals surface area contributed by atoms with Crippen LogP contribution in [0.2, 0.25) is 0 Å². The van der Waals surface area contributed by atoms with Crippen LogP contribution in [-0.2, 0) is 19.5 Å². The Balaban J connectivity index is 1.35. The standard InChI is InChI=1S/C26H26N2O3/c1-31-24-11-5-9-21(15-24)25(29)16-27-26(30)22-10-4-6-19(14-22)17-28-13-12-20-7-2-3-8-23(20)18-28/h2-11,14-15H,12-13,16-18H2,1H3,(H,27,30). The Bertz CT molecular complexity index is 1090. The molecular weight excluding hydrogens is 388 g/mol. The summed E-state index contributed by atoms with van der Waals surface area (Å²) in [7, 11) is 1.56. The van der Waals surface area contributed by atoms with Crippen LogP contribution in [0.5, 0.6) is 5.75 Å². The lowest BCUT2D eigenvalue weighted by Crippen LogP contribution is -2.31. The van der Waals surface area contributed by atoms with Gasteiger partial charge in [-0.25, -0.2) is 0 Å². The summed E-state index contributed by atoms with van der Waals surface area (Å²) < 4.78 is 5.15. The van der Waals surface area contributed by atoms with Gasteiger partial charge < -0.3 is 10.1 Å². The first-order valence-corrected chi connectivity index (χ1v) is 10.5. The Morgan fingerprint density at radius 3 is 2.55 bits per heavy atom. The number of hydrogen-bond donors (Lipinski definition) is 1. The summed E-state index contributed by atoms with van der Waals surface area (Å²) in [6.45, 7) is 2.65. The number of ether oxygens (including phenoxy) is 1. The molecule has 3 aromatic carbocycles. The van der Waals surface area contributed by atoms with E-state index in [4.69, 9.17) is 4.74 Å². The van der Waals surface area contributed by atoms with Gasteiger partial charge in [0.2, 0.25) is 0 Å². The van der Waals surface area contributed by atoms with Gasteiger partial charge in [0.25, 0.3) is 5.91 Å². The number of nitrogens with zero attached hydrogens (tertiary/aromatic N) is 1. The van der Waals surface area contributed by atoms with E-state index in [0.29, 0.717) is 16.9 Å². The number of ketones is 1. The van der Waals surface area contributed by atoms with Crippen LogP contribution in [0.3, 0.4) is 0 Å². The summed E-state index contributed by atoms with van der Waals surface area (Å²) in [5.74, 6) is 0.211. The second-order valence-electron chi connectivity index (χ2n) is 7.77. The molecule has 158 valence electrons. The Morgan fingerprint density at radius 1 is 0.935 bits per heavy atom. The van der Waals surface area contributed by atoms with Gasteiger partial charge in [-0.05, 0) is 47.4 Å². The minimum absolute atomic E-state index is 0.0564. The summed E-state index contributed by atoms with van der Waals surface area (Å²) >= 11 is 0. The number of Topliss-reactive ketones (excluding diaryl/α,β-unsaturated/α-hetero) is 1. The molecule has 0 aliphatic carbocycles. The molecule has 0 fully saturated rings.